The Labute approximate surface area is 133 Å². The molecule has 0 radical (unpaired) electrons. The first kappa shape index (κ1) is 17.0. The third-order valence-corrected chi connectivity index (χ3v) is 4.36. The zero-order chi connectivity index (χ0) is 16.3. The SMILES string of the molecule is CC(C)c1cccc(NC(=O)CN2CCCC2C(C)(C)O)c1. The molecule has 1 fully saturated rings. The van der Waals surface area contributed by atoms with E-state index in [0.29, 0.717) is 12.5 Å². The summed E-state index contributed by atoms with van der Waals surface area (Å²) in [4.78, 5) is 14.4. The Morgan fingerprint density at radius 3 is 2.82 bits per heavy atom. The van der Waals surface area contributed by atoms with Crippen molar-refractivity contribution in [1.82, 2.24) is 4.90 Å². The van der Waals surface area contributed by atoms with Gasteiger partial charge in [0.05, 0.1) is 12.1 Å². The number of carbonyl (C=O) groups is 1. The van der Waals surface area contributed by atoms with Crippen molar-refractivity contribution >= 4 is 11.6 Å². The summed E-state index contributed by atoms with van der Waals surface area (Å²) in [5.74, 6) is 0.423. The summed E-state index contributed by atoms with van der Waals surface area (Å²) in [7, 11) is 0. The van der Waals surface area contributed by atoms with Gasteiger partial charge in [-0.15, -0.1) is 0 Å². The van der Waals surface area contributed by atoms with Crippen molar-refractivity contribution in [3.05, 3.63) is 29.8 Å². The lowest BCUT2D eigenvalue weighted by molar-refractivity contribution is -0.118. The van der Waals surface area contributed by atoms with E-state index in [9.17, 15) is 9.90 Å². The van der Waals surface area contributed by atoms with Crippen molar-refractivity contribution in [2.75, 3.05) is 18.4 Å². The Hall–Kier alpha value is -1.39. The summed E-state index contributed by atoms with van der Waals surface area (Å²) in [6.45, 7) is 9.12. The number of amides is 1. The van der Waals surface area contributed by atoms with Gasteiger partial charge >= 0.3 is 0 Å². The molecule has 1 aromatic carbocycles. The van der Waals surface area contributed by atoms with Crippen LogP contribution in [0, 0.1) is 0 Å². The maximum Gasteiger partial charge on any atom is 0.238 e. The van der Waals surface area contributed by atoms with E-state index in [0.717, 1.165) is 25.1 Å². The first-order valence-corrected chi connectivity index (χ1v) is 8.13. The molecule has 0 spiro atoms. The van der Waals surface area contributed by atoms with Crippen LogP contribution in [0.3, 0.4) is 0 Å². The van der Waals surface area contributed by atoms with Gasteiger partial charge in [-0.25, -0.2) is 0 Å². The van der Waals surface area contributed by atoms with Crippen LogP contribution in [0.15, 0.2) is 24.3 Å². The number of benzene rings is 1. The highest BCUT2D eigenvalue weighted by Crippen LogP contribution is 2.26. The van der Waals surface area contributed by atoms with Crippen LogP contribution >= 0.6 is 0 Å². The van der Waals surface area contributed by atoms with E-state index in [-0.39, 0.29) is 11.9 Å². The van der Waals surface area contributed by atoms with E-state index in [2.05, 4.69) is 30.1 Å². The van der Waals surface area contributed by atoms with Gasteiger partial charge in [0, 0.05) is 11.7 Å². The summed E-state index contributed by atoms with van der Waals surface area (Å²) in [6.07, 6.45) is 1.98. The van der Waals surface area contributed by atoms with Crippen LogP contribution in [0.1, 0.15) is 52.0 Å². The maximum atomic E-state index is 12.3. The Morgan fingerprint density at radius 1 is 1.45 bits per heavy atom. The summed E-state index contributed by atoms with van der Waals surface area (Å²) in [6, 6.07) is 8.05. The molecule has 1 aromatic rings. The minimum Gasteiger partial charge on any atom is -0.389 e. The average molecular weight is 304 g/mol. The highest BCUT2D eigenvalue weighted by molar-refractivity contribution is 5.92. The minimum atomic E-state index is -0.770. The van der Waals surface area contributed by atoms with Crippen LogP contribution in [0.5, 0.6) is 0 Å². The quantitative estimate of drug-likeness (QED) is 0.879. The number of nitrogens with zero attached hydrogens (tertiary/aromatic N) is 1. The van der Waals surface area contributed by atoms with Gasteiger partial charge < -0.3 is 10.4 Å². The number of likely N-dealkylation sites (tertiary alicyclic amines) is 1. The first-order valence-electron chi connectivity index (χ1n) is 8.13. The molecule has 1 aliphatic rings. The van der Waals surface area contributed by atoms with Crippen LogP contribution in [0.25, 0.3) is 0 Å². The highest BCUT2D eigenvalue weighted by atomic mass is 16.3. The van der Waals surface area contributed by atoms with E-state index >= 15 is 0 Å². The van der Waals surface area contributed by atoms with Gasteiger partial charge in [-0.3, -0.25) is 9.69 Å². The fraction of sp³-hybridized carbons (Fsp3) is 0.611. The molecule has 1 aliphatic heterocycles. The van der Waals surface area contributed by atoms with Crippen molar-refractivity contribution < 1.29 is 9.90 Å². The summed E-state index contributed by atoms with van der Waals surface area (Å²) < 4.78 is 0. The van der Waals surface area contributed by atoms with Gasteiger partial charge in [-0.1, -0.05) is 26.0 Å². The molecular weight excluding hydrogens is 276 g/mol. The van der Waals surface area contributed by atoms with Crippen molar-refractivity contribution in [3.8, 4) is 0 Å². The molecule has 2 rings (SSSR count). The molecule has 0 aliphatic carbocycles. The van der Waals surface area contributed by atoms with E-state index in [1.807, 2.05) is 32.0 Å². The second-order valence-corrected chi connectivity index (χ2v) is 7.11. The normalized spacial score (nSPS) is 19.6. The predicted octanol–water partition coefficient (Wildman–Crippen LogP) is 2.98. The molecule has 4 nitrogen and oxygen atoms in total. The molecule has 0 bridgehead atoms. The van der Waals surface area contributed by atoms with E-state index in [1.54, 1.807) is 0 Å². The van der Waals surface area contributed by atoms with Crippen LogP contribution in [0.2, 0.25) is 0 Å². The fourth-order valence-corrected chi connectivity index (χ4v) is 3.18. The molecule has 4 heteroatoms. The Morgan fingerprint density at radius 2 is 2.18 bits per heavy atom. The van der Waals surface area contributed by atoms with Crippen molar-refractivity contribution in [2.24, 2.45) is 0 Å². The molecule has 0 aromatic heterocycles. The number of hydrogen-bond acceptors (Lipinski definition) is 3. The Balaban J connectivity index is 1.97. The molecule has 1 heterocycles. The zero-order valence-corrected chi connectivity index (χ0v) is 14.1. The van der Waals surface area contributed by atoms with Gasteiger partial charge in [0.25, 0.3) is 0 Å². The number of nitrogens with one attached hydrogen (secondary N) is 1. The first-order chi connectivity index (χ1) is 10.3. The lowest BCUT2D eigenvalue weighted by Gasteiger charge is -2.33. The summed E-state index contributed by atoms with van der Waals surface area (Å²) >= 11 is 0. The second-order valence-electron chi connectivity index (χ2n) is 7.11. The molecule has 2 N–H and O–H groups in total. The third-order valence-electron chi connectivity index (χ3n) is 4.36. The summed E-state index contributed by atoms with van der Waals surface area (Å²) in [5.41, 5.74) is 1.29. The molecular formula is C18H28N2O2. The van der Waals surface area contributed by atoms with Crippen molar-refractivity contribution in [1.29, 1.82) is 0 Å². The number of carbonyl (C=O) groups excluding carboxylic acids is 1. The van der Waals surface area contributed by atoms with E-state index < -0.39 is 5.60 Å². The van der Waals surface area contributed by atoms with Crippen LogP contribution in [-0.4, -0.2) is 40.6 Å². The van der Waals surface area contributed by atoms with Gasteiger partial charge in [0.15, 0.2) is 0 Å². The predicted molar refractivity (Wildman–Crippen MR) is 90.1 cm³/mol. The number of hydrogen-bond donors (Lipinski definition) is 2. The molecule has 1 unspecified atom stereocenters. The van der Waals surface area contributed by atoms with Gasteiger partial charge in [0.1, 0.15) is 0 Å². The van der Waals surface area contributed by atoms with Crippen molar-refractivity contribution in [3.63, 3.8) is 0 Å². The molecule has 22 heavy (non-hydrogen) atoms. The van der Waals surface area contributed by atoms with Gasteiger partial charge in [0.2, 0.25) is 5.91 Å². The van der Waals surface area contributed by atoms with E-state index in [4.69, 9.17) is 0 Å². The fourth-order valence-electron chi connectivity index (χ4n) is 3.18. The molecule has 1 atom stereocenters. The largest absolute Gasteiger partial charge is 0.389 e. The standard InChI is InChI=1S/C18H28N2O2/c1-13(2)14-7-5-8-15(11-14)19-17(21)12-20-10-6-9-16(20)18(3,4)22/h5,7-8,11,13,16,22H,6,9-10,12H2,1-4H3,(H,19,21). The Kier molecular flexibility index (Phi) is 5.24. The molecule has 0 saturated carbocycles. The van der Waals surface area contributed by atoms with Crippen LogP contribution < -0.4 is 5.32 Å². The molecule has 1 saturated heterocycles. The maximum absolute atomic E-state index is 12.3. The second kappa shape index (κ2) is 6.80. The lowest BCUT2D eigenvalue weighted by atomic mass is 9.97. The van der Waals surface area contributed by atoms with Crippen molar-refractivity contribution in [2.45, 2.75) is 58.1 Å². The van der Waals surface area contributed by atoms with Crippen LogP contribution in [-0.2, 0) is 4.79 Å². The average Bonchev–Trinajstić information content (AvgIpc) is 2.86. The number of rotatable bonds is 5. The number of aliphatic hydroxyl groups is 1. The topological polar surface area (TPSA) is 52.6 Å². The molecule has 1 amide bonds. The van der Waals surface area contributed by atoms with Crippen LogP contribution in [0.4, 0.5) is 5.69 Å². The Bertz CT molecular complexity index is 520. The lowest BCUT2D eigenvalue weighted by Crippen LogP contribution is -2.48. The summed E-state index contributed by atoms with van der Waals surface area (Å²) in [5, 5.41) is 13.2. The minimum absolute atomic E-state index is 0.0166. The van der Waals surface area contributed by atoms with E-state index in [1.165, 1.54) is 5.56 Å². The monoisotopic (exact) mass is 304 g/mol. The zero-order valence-electron chi connectivity index (χ0n) is 14.1. The number of anilines is 1. The highest BCUT2D eigenvalue weighted by Gasteiger charge is 2.36. The molecule has 122 valence electrons. The van der Waals surface area contributed by atoms with Gasteiger partial charge in [-0.05, 0) is 56.8 Å². The van der Waals surface area contributed by atoms with Gasteiger partial charge in [-0.2, -0.15) is 0 Å². The smallest absolute Gasteiger partial charge is 0.238 e. The third kappa shape index (κ3) is 4.31.